The molecule has 1 saturated carbocycles. The molecule has 6 heteroatoms. The second-order valence-corrected chi connectivity index (χ2v) is 8.46. The number of aliphatic imine (C=N–C) groups is 1. The van der Waals surface area contributed by atoms with Crippen LogP contribution in [0.15, 0.2) is 29.3 Å². The van der Waals surface area contributed by atoms with Crippen LogP contribution in [0.25, 0.3) is 0 Å². The lowest BCUT2D eigenvalue weighted by Gasteiger charge is -2.38. The van der Waals surface area contributed by atoms with E-state index in [1.54, 1.807) is 7.11 Å². The van der Waals surface area contributed by atoms with Gasteiger partial charge in [0.25, 0.3) is 0 Å². The first-order chi connectivity index (χ1) is 14.8. The summed E-state index contributed by atoms with van der Waals surface area (Å²) in [6.45, 7) is 4.10. The van der Waals surface area contributed by atoms with Crippen LogP contribution in [0.2, 0.25) is 0 Å². The SMILES string of the molecule is CN=C(NCCCOC1CCCCC1)NCC1(c2ccc(OC)cc2)CCOCC1. The summed E-state index contributed by atoms with van der Waals surface area (Å²) in [5, 5.41) is 7.00. The zero-order valence-electron chi connectivity index (χ0n) is 18.8. The third kappa shape index (κ3) is 6.61. The van der Waals surface area contributed by atoms with Crippen molar-refractivity contribution in [3.63, 3.8) is 0 Å². The molecule has 168 valence electrons. The second-order valence-electron chi connectivity index (χ2n) is 8.46. The number of benzene rings is 1. The van der Waals surface area contributed by atoms with Crippen molar-refractivity contribution in [2.45, 2.75) is 62.9 Å². The Balaban J connectivity index is 1.45. The van der Waals surface area contributed by atoms with Gasteiger partial charge in [-0.3, -0.25) is 4.99 Å². The molecule has 1 aliphatic heterocycles. The Hall–Kier alpha value is -1.79. The monoisotopic (exact) mass is 417 g/mol. The molecule has 2 fully saturated rings. The minimum atomic E-state index is 0.0479. The first-order valence-electron chi connectivity index (χ1n) is 11.5. The molecule has 0 bridgehead atoms. The van der Waals surface area contributed by atoms with Gasteiger partial charge in [0.05, 0.1) is 13.2 Å². The summed E-state index contributed by atoms with van der Waals surface area (Å²) < 4.78 is 17.0. The van der Waals surface area contributed by atoms with Crippen LogP contribution in [0.5, 0.6) is 5.75 Å². The highest BCUT2D eigenvalue weighted by Gasteiger charge is 2.34. The van der Waals surface area contributed by atoms with Crippen LogP contribution in [0.4, 0.5) is 0 Å². The predicted molar refractivity (Wildman–Crippen MR) is 122 cm³/mol. The second kappa shape index (κ2) is 12.2. The average molecular weight is 418 g/mol. The summed E-state index contributed by atoms with van der Waals surface area (Å²) in [4.78, 5) is 4.41. The average Bonchev–Trinajstić information content (AvgIpc) is 2.82. The van der Waals surface area contributed by atoms with Crippen molar-refractivity contribution >= 4 is 5.96 Å². The number of guanidine groups is 1. The van der Waals surface area contributed by atoms with Crippen molar-refractivity contribution < 1.29 is 14.2 Å². The van der Waals surface area contributed by atoms with Crippen molar-refractivity contribution in [2.75, 3.05) is 47.1 Å². The Labute approximate surface area is 181 Å². The number of hydrogen-bond acceptors (Lipinski definition) is 4. The van der Waals surface area contributed by atoms with E-state index in [4.69, 9.17) is 14.2 Å². The van der Waals surface area contributed by atoms with Gasteiger partial charge in [0.2, 0.25) is 0 Å². The minimum absolute atomic E-state index is 0.0479. The first-order valence-corrected chi connectivity index (χ1v) is 11.5. The van der Waals surface area contributed by atoms with Gasteiger partial charge in [-0.05, 0) is 49.8 Å². The molecule has 0 atom stereocenters. The van der Waals surface area contributed by atoms with E-state index >= 15 is 0 Å². The van der Waals surface area contributed by atoms with Crippen LogP contribution in [0.1, 0.15) is 56.9 Å². The molecule has 30 heavy (non-hydrogen) atoms. The smallest absolute Gasteiger partial charge is 0.191 e. The lowest BCUT2D eigenvalue weighted by atomic mass is 9.74. The van der Waals surface area contributed by atoms with Gasteiger partial charge in [0, 0.05) is 45.4 Å². The van der Waals surface area contributed by atoms with E-state index in [0.29, 0.717) is 6.10 Å². The molecule has 1 aromatic rings. The van der Waals surface area contributed by atoms with Crippen LogP contribution >= 0.6 is 0 Å². The van der Waals surface area contributed by atoms with Gasteiger partial charge >= 0.3 is 0 Å². The molecule has 3 rings (SSSR count). The molecule has 1 saturated heterocycles. The fourth-order valence-electron chi connectivity index (χ4n) is 4.51. The molecule has 6 nitrogen and oxygen atoms in total. The number of methoxy groups -OCH3 is 1. The van der Waals surface area contributed by atoms with Crippen LogP contribution in [0, 0.1) is 0 Å². The van der Waals surface area contributed by atoms with E-state index < -0.39 is 0 Å². The Kier molecular flexibility index (Phi) is 9.27. The van der Waals surface area contributed by atoms with Gasteiger partial charge in [-0.25, -0.2) is 0 Å². The fraction of sp³-hybridized carbons (Fsp3) is 0.708. The van der Waals surface area contributed by atoms with E-state index in [1.165, 1.54) is 37.7 Å². The molecule has 0 unspecified atom stereocenters. The minimum Gasteiger partial charge on any atom is -0.497 e. The summed E-state index contributed by atoms with van der Waals surface area (Å²) >= 11 is 0. The maximum absolute atomic E-state index is 6.02. The molecule has 1 aromatic carbocycles. The zero-order chi connectivity index (χ0) is 21.1. The Morgan fingerprint density at radius 1 is 1.10 bits per heavy atom. The maximum Gasteiger partial charge on any atom is 0.191 e. The Morgan fingerprint density at radius 3 is 2.50 bits per heavy atom. The van der Waals surface area contributed by atoms with Crippen LogP contribution in [-0.4, -0.2) is 59.1 Å². The van der Waals surface area contributed by atoms with Crippen LogP contribution < -0.4 is 15.4 Å². The lowest BCUT2D eigenvalue weighted by molar-refractivity contribution is 0.0276. The summed E-state index contributed by atoms with van der Waals surface area (Å²) in [6, 6.07) is 8.47. The summed E-state index contributed by atoms with van der Waals surface area (Å²) in [5.74, 6) is 1.74. The van der Waals surface area contributed by atoms with Gasteiger partial charge in [-0.2, -0.15) is 0 Å². The molecule has 0 amide bonds. The third-order valence-electron chi connectivity index (χ3n) is 6.49. The Bertz CT molecular complexity index is 636. The normalized spacial score (nSPS) is 20.0. The van der Waals surface area contributed by atoms with Crippen LogP contribution in [0.3, 0.4) is 0 Å². The number of rotatable bonds is 9. The highest BCUT2D eigenvalue weighted by Crippen LogP contribution is 2.35. The molecule has 2 aliphatic rings. The molecule has 1 aliphatic carbocycles. The highest BCUT2D eigenvalue weighted by molar-refractivity contribution is 5.79. The molecule has 0 radical (unpaired) electrons. The van der Waals surface area contributed by atoms with Crippen molar-refractivity contribution in [3.8, 4) is 5.75 Å². The number of nitrogens with zero attached hydrogens (tertiary/aromatic N) is 1. The standard InChI is InChI=1S/C24H39N3O3/c1-25-23(26-15-6-16-30-22-7-4-3-5-8-22)27-19-24(13-17-29-18-14-24)20-9-11-21(28-2)12-10-20/h9-12,22H,3-8,13-19H2,1-2H3,(H2,25,26,27). The van der Waals surface area contributed by atoms with Gasteiger partial charge in [-0.1, -0.05) is 31.4 Å². The zero-order valence-corrected chi connectivity index (χ0v) is 18.8. The number of nitrogens with one attached hydrogen (secondary N) is 2. The molecular weight excluding hydrogens is 378 g/mol. The Morgan fingerprint density at radius 2 is 1.83 bits per heavy atom. The lowest BCUT2D eigenvalue weighted by Crippen LogP contribution is -2.48. The van der Waals surface area contributed by atoms with E-state index in [-0.39, 0.29) is 5.41 Å². The number of ether oxygens (including phenoxy) is 3. The quantitative estimate of drug-likeness (QED) is 0.365. The van der Waals surface area contributed by atoms with Crippen molar-refractivity contribution in [1.29, 1.82) is 0 Å². The van der Waals surface area contributed by atoms with Crippen LogP contribution in [-0.2, 0) is 14.9 Å². The van der Waals surface area contributed by atoms with E-state index in [2.05, 4.69) is 27.8 Å². The van der Waals surface area contributed by atoms with Crippen molar-refractivity contribution in [1.82, 2.24) is 10.6 Å². The molecule has 2 N–H and O–H groups in total. The first kappa shape index (κ1) is 22.9. The third-order valence-corrected chi connectivity index (χ3v) is 6.49. The summed E-state index contributed by atoms with van der Waals surface area (Å²) in [5.41, 5.74) is 1.38. The predicted octanol–water partition coefficient (Wildman–Crippen LogP) is 3.65. The van der Waals surface area contributed by atoms with Crippen molar-refractivity contribution in [3.05, 3.63) is 29.8 Å². The molecule has 0 spiro atoms. The van der Waals surface area contributed by atoms with Gasteiger partial charge in [0.15, 0.2) is 5.96 Å². The van der Waals surface area contributed by atoms with E-state index in [0.717, 1.165) is 63.9 Å². The fourth-order valence-corrected chi connectivity index (χ4v) is 4.51. The summed E-state index contributed by atoms with van der Waals surface area (Å²) in [6.07, 6.45) is 9.94. The van der Waals surface area contributed by atoms with Gasteiger partial charge in [-0.15, -0.1) is 0 Å². The topological polar surface area (TPSA) is 64.1 Å². The highest BCUT2D eigenvalue weighted by atomic mass is 16.5. The van der Waals surface area contributed by atoms with Crippen molar-refractivity contribution in [2.24, 2.45) is 4.99 Å². The van der Waals surface area contributed by atoms with E-state index in [9.17, 15) is 0 Å². The molecule has 0 aromatic heterocycles. The number of hydrogen-bond donors (Lipinski definition) is 2. The molecule has 1 heterocycles. The largest absolute Gasteiger partial charge is 0.497 e. The maximum atomic E-state index is 6.02. The summed E-state index contributed by atoms with van der Waals surface area (Å²) in [7, 11) is 3.54. The van der Waals surface area contributed by atoms with Gasteiger partial charge in [0.1, 0.15) is 5.75 Å². The van der Waals surface area contributed by atoms with Gasteiger partial charge < -0.3 is 24.8 Å². The van der Waals surface area contributed by atoms with E-state index in [1.807, 2.05) is 19.2 Å². The molecular formula is C24H39N3O3.